The highest BCUT2D eigenvalue weighted by Gasteiger charge is 2.19. The Morgan fingerprint density at radius 3 is 2.63 bits per heavy atom. The van der Waals surface area contributed by atoms with Gasteiger partial charge < -0.3 is 5.32 Å². The highest BCUT2D eigenvalue weighted by molar-refractivity contribution is 5.28. The van der Waals surface area contributed by atoms with E-state index >= 15 is 0 Å². The van der Waals surface area contributed by atoms with Crippen LogP contribution >= 0.6 is 0 Å². The maximum atomic E-state index is 4.64. The van der Waals surface area contributed by atoms with Gasteiger partial charge in [-0.25, -0.2) is 4.98 Å². The van der Waals surface area contributed by atoms with Crippen LogP contribution in [-0.2, 0) is 13.6 Å². The summed E-state index contributed by atoms with van der Waals surface area (Å²) in [4.78, 5) is 4.25. The quantitative estimate of drug-likeness (QED) is 0.883. The molecule has 104 valence electrons. The maximum absolute atomic E-state index is 4.64. The van der Waals surface area contributed by atoms with Gasteiger partial charge in [-0.15, -0.1) is 0 Å². The Bertz CT molecular complexity index is 549. The molecule has 0 spiro atoms. The predicted molar refractivity (Wildman–Crippen MR) is 73.9 cm³/mol. The zero-order chi connectivity index (χ0) is 14.0. The molecule has 0 saturated heterocycles. The van der Waals surface area contributed by atoms with E-state index in [2.05, 4.69) is 41.3 Å². The molecule has 1 unspecified atom stereocenters. The van der Waals surface area contributed by atoms with Crippen molar-refractivity contribution in [3.63, 3.8) is 0 Å². The molecule has 2 aromatic heterocycles. The lowest BCUT2D eigenvalue weighted by Crippen LogP contribution is -2.17. The Balaban J connectivity index is 2.33. The zero-order valence-corrected chi connectivity index (χ0v) is 12.3. The Kier molecular flexibility index (Phi) is 3.99. The summed E-state index contributed by atoms with van der Waals surface area (Å²) in [6.45, 7) is 7.02. The molecule has 0 bridgehead atoms. The van der Waals surface area contributed by atoms with Crippen molar-refractivity contribution in [3.05, 3.63) is 29.1 Å². The highest BCUT2D eigenvalue weighted by atomic mass is 15.4. The number of nitrogens with zero attached hydrogens (tertiary/aromatic N) is 5. The Morgan fingerprint density at radius 1 is 1.37 bits per heavy atom. The van der Waals surface area contributed by atoms with Gasteiger partial charge in [-0.2, -0.15) is 10.2 Å². The van der Waals surface area contributed by atoms with Gasteiger partial charge >= 0.3 is 0 Å². The Hall–Kier alpha value is -1.69. The third-order valence-electron chi connectivity index (χ3n) is 3.64. The third-order valence-corrected chi connectivity index (χ3v) is 3.64. The number of hydrogen-bond acceptors (Lipinski definition) is 4. The summed E-state index contributed by atoms with van der Waals surface area (Å²) in [5, 5.41) is 12.1. The molecule has 0 aliphatic carbocycles. The summed E-state index contributed by atoms with van der Waals surface area (Å²) in [6, 6.07) is 0.355. The molecule has 0 saturated carbocycles. The molecule has 6 heteroatoms. The van der Waals surface area contributed by atoms with Crippen LogP contribution in [0.25, 0.3) is 0 Å². The largest absolute Gasteiger partial charge is 0.313 e. The van der Waals surface area contributed by atoms with Gasteiger partial charge in [0.25, 0.3) is 0 Å². The van der Waals surface area contributed by atoms with Gasteiger partial charge in [0.2, 0.25) is 0 Å². The van der Waals surface area contributed by atoms with Crippen molar-refractivity contribution >= 4 is 0 Å². The molecule has 2 rings (SSSR count). The molecule has 0 amide bonds. The number of aryl methyl sites for hydroxylation is 2. The summed E-state index contributed by atoms with van der Waals surface area (Å²) in [5.74, 6) is 0.912. The molecule has 2 aromatic rings. The van der Waals surface area contributed by atoms with Crippen LogP contribution in [0, 0.1) is 13.8 Å². The van der Waals surface area contributed by atoms with E-state index < -0.39 is 0 Å². The fraction of sp³-hybridized carbons (Fsp3) is 0.615. The van der Waals surface area contributed by atoms with Crippen LogP contribution < -0.4 is 5.32 Å². The van der Waals surface area contributed by atoms with Crippen LogP contribution in [0.2, 0.25) is 0 Å². The van der Waals surface area contributed by atoms with E-state index in [0.717, 1.165) is 17.9 Å². The summed E-state index contributed by atoms with van der Waals surface area (Å²) in [6.07, 6.45) is 2.62. The number of aromatic nitrogens is 5. The lowest BCUT2D eigenvalue weighted by Gasteiger charge is -2.14. The summed E-state index contributed by atoms with van der Waals surface area (Å²) in [7, 11) is 3.89. The molecule has 0 fully saturated rings. The highest BCUT2D eigenvalue weighted by Crippen LogP contribution is 2.24. The second-order valence-electron chi connectivity index (χ2n) is 4.79. The standard InChI is InChI=1S/C13H22N6/c1-6-11(14-4)13-9(2)17-19(10(13)3)7-12-15-8-16-18(12)5/h8,11,14H,6-7H2,1-5H3. The first-order chi connectivity index (χ1) is 9.08. The van der Waals surface area contributed by atoms with Crippen molar-refractivity contribution in [1.82, 2.24) is 29.9 Å². The van der Waals surface area contributed by atoms with Crippen LogP contribution in [-0.4, -0.2) is 31.6 Å². The smallest absolute Gasteiger partial charge is 0.148 e. The van der Waals surface area contributed by atoms with Crippen LogP contribution in [0.4, 0.5) is 0 Å². The molecule has 0 aliphatic heterocycles. The van der Waals surface area contributed by atoms with E-state index in [0.29, 0.717) is 12.6 Å². The Morgan fingerprint density at radius 2 is 2.11 bits per heavy atom. The molecule has 0 aromatic carbocycles. The van der Waals surface area contributed by atoms with Crippen molar-refractivity contribution in [2.24, 2.45) is 7.05 Å². The van der Waals surface area contributed by atoms with Gasteiger partial charge in [0, 0.05) is 24.3 Å². The van der Waals surface area contributed by atoms with Crippen LogP contribution in [0.5, 0.6) is 0 Å². The van der Waals surface area contributed by atoms with E-state index in [9.17, 15) is 0 Å². The second kappa shape index (κ2) is 5.52. The Labute approximate surface area is 113 Å². The van der Waals surface area contributed by atoms with Gasteiger partial charge in [-0.05, 0) is 27.3 Å². The topological polar surface area (TPSA) is 60.6 Å². The molecule has 19 heavy (non-hydrogen) atoms. The maximum Gasteiger partial charge on any atom is 0.148 e. The van der Waals surface area contributed by atoms with Gasteiger partial charge in [0.1, 0.15) is 18.7 Å². The number of rotatable bonds is 5. The second-order valence-corrected chi connectivity index (χ2v) is 4.79. The number of hydrogen-bond donors (Lipinski definition) is 1. The average Bonchev–Trinajstić information content (AvgIpc) is 2.90. The SMILES string of the molecule is CCC(NC)c1c(C)nn(Cc2ncnn2C)c1C. The first-order valence-electron chi connectivity index (χ1n) is 6.62. The normalized spacial score (nSPS) is 12.9. The molecular weight excluding hydrogens is 240 g/mol. The minimum Gasteiger partial charge on any atom is -0.313 e. The zero-order valence-electron chi connectivity index (χ0n) is 12.3. The molecule has 6 nitrogen and oxygen atoms in total. The summed E-state index contributed by atoms with van der Waals surface area (Å²) < 4.78 is 3.79. The summed E-state index contributed by atoms with van der Waals surface area (Å²) in [5.41, 5.74) is 3.58. The summed E-state index contributed by atoms with van der Waals surface area (Å²) >= 11 is 0. The van der Waals surface area contributed by atoms with Gasteiger partial charge in [0.15, 0.2) is 0 Å². The number of nitrogens with one attached hydrogen (secondary N) is 1. The van der Waals surface area contributed by atoms with Gasteiger partial charge in [-0.3, -0.25) is 9.36 Å². The molecule has 0 radical (unpaired) electrons. The monoisotopic (exact) mass is 262 g/mol. The van der Waals surface area contributed by atoms with E-state index in [1.807, 2.05) is 18.8 Å². The molecule has 0 aliphatic rings. The minimum absolute atomic E-state index is 0.355. The first kappa shape index (κ1) is 13.7. The molecule has 2 heterocycles. The average molecular weight is 262 g/mol. The van der Waals surface area contributed by atoms with Crippen molar-refractivity contribution in [3.8, 4) is 0 Å². The van der Waals surface area contributed by atoms with Gasteiger partial charge in [0.05, 0.1) is 5.69 Å². The lowest BCUT2D eigenvalue weighted by molar-refractivity contribution is 0.564. The van der Waals surface area contributed by atoms with Crippen molar-refractivity contribution in [1.29, 1.82) is 0 Å². The van der Waals surface area contributed by atoms with Crippen molar-refractivity contribution in [2.75, 3.05) is 7.05 Å². The van der Waals surface area contributed by atoms with Crippen molar-refractivity contribution in [2.45, 2.75) is 39.8 Å². The van der Waals surface area contributed by atoms with E-state index in [-0.39, 0.29) is 0 Å². The minimum atomic E-state index is 0.355. The first-order valence-corrected chi connectivity index (χ1v) is 6.62. The van der Waals surface area contributed by atoms with Crippen LogP contribution in [0.3, 0.4) is 0 Å². The van der Waals surface area contributed by atoms with E-state index in [1.54, 1.807) is 11.0 Å². The van der Waals surface area contributed by atoms with Gasteiger partial charge in [-0.1, -0.05) is 6.92 Å². The lowest BCUT2D eigenvalue weighted by atomic mass is 10.0. The van der Waals surface area contributed by atoms with Crippen LogP contribution in [0.1, 0.15) is 42.2 Å². The fourth-order valence-electron chi connectivity index (χ4n) is 2.52. The molecular formula is C13H22N6. The van der Waals surface area contributed by atoms with E-state index in [4.69, 9.17) is 0 Å². The molecule has 1 atom stereocenters. The molecule has 1 N–H and O–H groups in total. The third kappa shape index (κ3) is 2.53. The predicted octanol–water partition coefficient (Wildman–Crippen LogP) is 1.35. The fourth-order valence-corrected chi connectivity index (χ4v) is 2.52. The van der Waals surface area contributed by atoms with Crippen LogP contribution in [0.15, 0.2) is 6.33 Å². The van der Waals surface area contributed by atoms with Crippen molar-refractivity contribution < 1.29 is 0 Å². The van der Waals surface area contributed by atoms with E-state index in [1.165, 1.54) is 11.3 Å².